The summed E-state index contributed by atoms with van der Waals surface area (Å²) in [5.41, 5.74) is 0. The number of aliphatic hydroxyl groups excluding tert-OH is 1. The number of ether oxygens (including phenoxy) is 2. The summed E-state index contributed by atoms with van der Waals surface area (Å²) in [6, 6.07) is 7.75. The predicted molar refractivity (Wildman–Crippen MR) is 68.7 cm³/mol. The SMILES string of the molecule is CCCOc1ccccc1OCCCCCO. The lowest BCUT2D eigenvalue weighted by Gasteiger charge is -2.11. The number of rotatable bonds is 9. The lowest BCUT2D eigenvalue weighted by atomic mass is 10.2. The van der Waals surface area contributed by atoms with Gasteiger partial charge in [-0.2, -0.15) is 0 Å². The van der Waals surface area contributed by atoms with Gasteiger partial charge in [-0.15, -0.1) is 0 Å². The zero-order valence-corrected chi connectivity index (χ0v) is 10.5. The van der Waals surface area contributed by atoms with Crippen molar-refractivity contribution in [1.82, 2.24) is 0 Å². The van der Waals surface area contributed by atoms with Gasteiger partial charge < -0.3 is 14.6 Å². The van der Waals surface area contributed by atoms with Crippen LogP contribution in [-0.2, 0) is 0 Å². The van der Waals surface area contributed by atoms with Gasteiger partial charge in [-0.05, 0) is 37.8 Å². The van der Waals surface area contributed by atoms with Crippen molar-refractivity contribution < 1.29 is 14.6 Å². The number of hydrogen-bond donors (Lipinski definition) is 1. The highest BCUT2D eigenvalue weighted by Crippen LogP contribution is 2.26. The maximum atomic E-state index is 8.66. The Morgan fingerprint density at radius 3 is 2.18 bits per heavy atom. The van der Waals surface area contributed by atoms with Crippen LogP contribution in [0.1, 0.15) is 32.6 Å². The molecular formula is C14H22O3. The van der Waals surface area contributed by atoms with Gasteiger partial charge in [0.2, 0.25) is 0 Å². The fourth-order valence-corrected chi connectivity index (χ4v) is 1.47. The van der Waals surface area contributed by atoms with E-state index >= 15 is 0 Å². The summed E-state index contributed by atoms with van der Waals surface area (Å²) < 4.78 is 11.3. The van der Waals surface area contributed by atoms with Crippen LogP contribution in [0, 0.1) is 0 Å². The van der Waals surface area contributed by atoms with Crippen LogP contribution < -0.4 is 9.47 Å². The first-order valence-electron chi connectivity index (χ1n) is 6.34. The molecule has 0 saturated carbocycles. The molecule has 3 nitrogen and oxygen atoms in total. The molecule has 1 N–H and O–H groups in total. The van der Waals surface area contributed by atoms with Crippen molar-refractivity contribution >= 4 is 0 Å². The maximum absolute atomic E-state index is 8.66. The monoisotopic (exact) mass is 238 g/mol. The fourth-order valence-electron chi connectivity index (χ4n) is 1.47. The maximum Gasteiger partial charge on any atom is 0.161 e. The van der Waals surface area contributed by atoms with Gasteiger partial charge in [-0.25, -0.2) is 0 Å². The third-order valence-electron chi connectivity index (χ3n) is 2.37. The summed E-state index contributed by atoms with van der Waals surface area (Å²) in [7, 11) is 0. The molecule has 0 aromatic heterocycles. The lowest BCUT2D eigenvalue weighted by molar-refractivity contribution is 0.251. The molecule has 1 aromatic rings. The molecule has 3 heteroatoms. The van der Waals surface area contributed by atoms with E-state index in [2.05, 4.69) is 6.92 Å². The van der Waals surface area contributed by atoms with E-state index in [1.54, 1.807) is 0 Å². The Hall–Kier alpha value is -1.22. The summed E-state index contributed by atoms with van der Waals surface area (Å²) in [5, 5.41) is 8.66. The molecule has 0 aliphatic carbocycles. The summed E-state index contributed by atoms with van der Waals surface area (Å²) in [5.74, 6) is 1.63. The van der Waals surface area contributed by atoms with Crippen molar-refractivity contribution in [2.24, 2.45) is 0 Å². The van der Waals surface area contributed by atoms with Gasteiger partial charge in [0.05, 0.1) is 13.2 Å². The Labute approximate surface area is 103 Å². The Morgan fingerprint density at radius 1 is 0.941 bits per heavy atom. The van der Waals surface area contributed by atoms with E-state index in [4.69, 9.17) is 14.6 Å². The summed E-state index contributed by atoms with van der Waals surface area (Å²) in [6.45, 7) is 3.73. The number of para-hydroxylation sites is 2. The lowest BCUT2D eigenvalue weighted by Crippen LogP contribution is -2.02. The Balaban J connectivity index is 2.35. The molecule has 0 heterocycles. The Kier molecular flexibility index (Phi) is 7.23. The normalized spacial score (nSPS) is 10.2. The molecule has 0 atom stereocenters. The second kappa shape index (κ2) is 8.88. The zero-order valence-electron chi connectivity index (χ0n) is 10.5. The topological polar surface area (TPSA) is 38.7 Å². The second-order valence-corrected chi connectivity index (χ2v) is 3.93. The fraction of sp³-hybridized carbons (Fsp3) is 0.571. The molecule has 0 aliphatic rings. The van der Waals surface area contributed by atoms with Crippen molar-refractivity contribution in [3.63, 3.8) is 0 Å². The average Bonchev–Trinajstić information content (AvgIpc) is 2.37. The first kappa shape index (κ1) is 13.8. The smallest absolute Gasteiger partial charge is 0.161 e. The van der Waals surface area contributed by atoms with E-state index in [0.717, 1.165) is 37.2 Å². The number of aliphatic hydroxyl groups is 1. The minimum Gasteiger partial charge on any atom is -0.490 e. The molecule has 1 aromatic carbocycles. The first-order chi connectivity index (χ1) is 8.38. The molecule has 1 rings (SSSR count). The predicted octanol–water partition coefficient (Wildman–Crippen LogP) is 3.02. The van der Waals surface area contributed by atoms with Gasteiger partial charge in [0.1, 0.15) is 0 Å². The highest BCUT2D eigenvalue weighted by atomic mass is 16.5. The van der Waals surface area contributed by atoms with Crippen molar-refractivity contribution in [3.05, 3.63) is 24.3 Å². The molecule has 0 saturated heterocycles. The molecule has 17 heavy (non-hydrogen) atoms. The largest absolute Gasteiger partial charge is 0.490 e. The van der Waals surface area contributed by atoms with Crippen LogP contribution in [0.2, 0.25) is 0 Å². The van der Waals surface area contributed by atoms with Crippen molar-refractivity contribution in [2.75, 3.05) is 19.8 Å². The van der Waals surface area contributed by atoms with Crippen LogP contribution >= 0.6 is 0 Å². The molecule has 0 bridgehead atoms. The van der Waals surface area contributed by atoms with E-state index in [-0.39, 0.29) is 6.61 Å². The van der Waals surface area contributed by atoms with Crippen molar-refractivity contribution in [1.29, 1.82) is 0 Å². The standard InChI is InChI=1S/C14H22O3/c1-2-11-16-13-8-4-5-9-14(13)17-12-7-3-6-10-15/h4-5,8-9,15H,2-3,6-7,10-12H2,1H3. The van der Waals surface area contributed by atoms with Crippen molar-refractivity contribution in [3.8, 4) is 11.5 Å². The molecule has 0 aliphatic heterocycles. The summed E-state index contributed by atoms with van der Waals surface area (Å²) in [4.78, 5) is 0. The molecule has 96 valence electrons. The highest BCUT2D eigenvalue weighted by molar-refractivity contribution is 5.39. The minimum absolute atomic E-state index is 0.260. The van der Waals surface area contributed by atoms with Crippen LogP contribution in [-0.4, -0.2) is 24.9 Å². The number of hydrogen-bond acceptors (Lipinski definition) is 3. The van der Waals surface area contributed by atoms with E-state index in [1.165, 1.54) is 0 Å². The third kappa shape index (κ3) is 5.59. The average molecular weight is 238 g/mol. The molecule has 0 spiro atoms. The van der Waals surface area contributed by atoms with Crippen LogP contribution in [0.4, 0.5) is 0 Å². The van der Waals surface area contributed by atoms with Crippen molar-refractivity contribution in [2.45, 2.75) is 32.6 Å². The van der Waals surface area contributed by atoms with E-state index in [0.29, 0.717) is 13.2 Å². The quantitative estimate of drug-likeness (QED) is 0.672. The van der Waals surface area contributed by atoms with Crippen LogP contribution in [0.5, 0.6) is 11.5 Å². The molecular weight excluding hydrogens is 216 g/mol. The molecule has 0 fully saturated rings. The van der Waals surface area contributed by atoms with E-state index in [9.17, 15) is 0 Å². The summed E-state index contributed by atoms with van der Waals surface area (Å²) in [6.07, 6.45) is 3.79. The van der Waals surface area contributed by atoms with Gasteiger partial charge in [0.25, 0.3) is 0 Å². The van der Waals surface area contributed by atoms with Crippen LogP contribution in [0.15, 0.2) is 24.3 Å². The highest BCUT2D eigenvalue weighted by Gasteiger charge is 2.03. The number of unbranched alkanes of at least 4 members (excludes halogenated alkanes) is 2. The second-order valence-electron chi connectivity index (χ2n) is 3.93. The van der Waals surface area contributed by atoms with Gasteiger partial charge in [-0.3, -0.25) is 0 Å². The van der Waals surface area contributed by atoms with E-state index in [1.807, 2.05) is 24.3 Å². The first-order valence-corrected chi connectivity index (χ1v) is 6.34. The van der Waals surface area contributed by atoms with Gasteiger partial charge in [-0.1, -0.05) is 19.1 Å². The zero-order chi connectivity index (χ0) is 12.3. The molecule has 0 radical (unpaired) electrons. The van der Waals surface area contributed by atoms with Gasteiger partial charge in [0, 0.05) is 6.61 Å². The minimum atomic E-state index is 0.260. The van der Waals surface area contributed by atoms with Gasteiger partial charge in [0.15, 0.2) is 11.5 Å². The molecule has 0 amide bonds. The Bertz CT molecular complexity index is 299. The summed E-state index contributed by atoms with van der Waals surface area (Å²) >= 11 is 0. The van der Waals surface area contributed by atoms with E-state index < -0.39 is 0 Å². The number of benzene rings is 1. The van der Waals surface area contributed by atoms with Crippen LogP contribution in [0.3, 0.4) is 0 Å². The Morgan fingerprint density at radius 2 is 1.59 bits per heavy atom. The molecule has 0 unspecified atom stereocenters. The van der Waals surface area contributed by atoms with Gasteiger partial charge >= 0.3 is 0 Å². The van der Waals surface area contributed by atoms with Crippen LogP contribution in [0.25, 0.3) is 0 Å². The third-order valence-corrected chi connectivity index (χ3v) is 2.37.